The summed E-state index contributed by atoms with van der Waals surface area (Å²) in [5, 5.41) is 16.4. The average Bonchev–Trinajstić information content (AvgIpc) is 3.11. The number of aromatic nitrogens is 4. The molecule has 0 radical (unpaired) electrons. The standard InChI is InChI=1S/C22H21ClN6OS/c1-11-12(2)28-29-22-17(11)18-19(31-22)20(26-10-25-18)24-9-13-6-7-15(16(23)8-13)21(30)27-14-4-3-5-14/h6-8,10,14H,3-5,9H2,1-2H3,(H,27,30)(H,24,25,26). The highest BCUT2D eigenvalue weighted by atomic mass is 35.5. The lowest BCUT2D eigenvalue weighted by Gasteiger charge is -2.26. The second kappa shape index (κ2) is 8.01. The van der Waals surface area contributed by atoms with E-state index in [0.29, 0.717) is 17.1 Å². The highest BCUT2D eigenvalue weighted by Gasteiger charge is 2.21. The first-order chi connectivity index (χ1) is 15.0. The van der Waals surface area contributed by atoms with E-state index in [4.69, 9.17) is 11.6 Å². The summed E-state index contributed by atoms with van der Waals surface area (Å²) in [5.74, 6) is 0.636. The van der Waals surface area contributed by atoms with Crippen LogP contribution < -0.4 is 10.6 Å². The second-order valence-electron chi connectivity index (χ2n) is 7.86. The van der Waals surface area contributed by atoms with Crippen LogP contribution in [0.3, 0.4) is 0 Å². The van der Waals surface area contributed by atoms with Gasteiger partial charge in [-0.1, -0.05) is 17.7 Å². The van der Waals surface area contributed by atoms with E-state index < -0.39 is 0 Å². The molecule has 4 aromatic rings. The molecule has 3 aromatic heterocycles. The Morgan fingerprint density at radius 2 is 2.06 bits per heavy atom. The monoisotopic (exact) mass is 452 g/mol. The molecular formula is C22H21ClN6OS. The minimum atomic E-state index is -0.108. The molecule has 7 nitrogen and oxygen atoms in total. The van der Waals surface area contributed by atoms with Gasteiger partial charge in [0.05, 0.1) is 26.5 Å². The minimum Gasteiger partial charge on any atom is -0.365 e. The van der Waals surface area contributed by atoms with Crippen LogP contribution in [0.1, 0.15) is 46.4 Å². The van der Waals surface area contributed by atoms with Crippen LogP contribution >= 0.6 is 22.9 Å². The number of benzene rings is 1. The van der Waals surface area contributed by atoms with Gasteiger partial charge < -0.3 is 10.6 Å². The number of aryl methyl sites for hydroxylation is 2. The van der Waals surface area contributed by atoms with Crippen molar-refractivity contribution in [2.45, 2.75) is 45.7 Å². The van der Waals surface area contributed by atoms with Gasteiger partial charge in [0.15, 0.2) is 0 Å². The molecule has 9 heteroatoms. The third kappa shape index (κ3) is 3.70. The van der Waals surface area contributed by atoms with Gasteiger partial charge in [0, 0.05) is 18.0 Å². The van der Waals surface area contributed by atoms with E-state index in [2.05, 4.69) is 30.8 Å². The molecule has 0 aliphatic heterocycles. The Labute approximate surface area is 188 Å². The normalized spacial score (nSPS) is 14.0. The van der Waals surface area contributed by atoms with E-state index in [9.17, 15) is 4.79 Å². The van der Waals surface area contributed by atoms with Crippen molar-refractivity contribution in [3.8, 4) is 0 Å². The quantitative estimate of drug-likeness (QED) is 0.452. The molecule has 3 heterocycles. The van der Waals surface area contributed by atoms with Crippen molar-refractivity contribution in [1.29, 1.82) is 0 Å². The highest BCUT2D eigenvalue weighted by molar-refractivity contribution is 7.25. The van der Waals surface area contributed by atoms with Crippen LogP contribution in [0, 0.1) is 13.8 Å². The zero-order chi connectivity index (χ0) is 21.5. The van der Waals surface area contributed by atoms with Crippen LogP contribution in [0.25, 0.3) is 20.4 Å². The molecule has 0 atom stereocenters. The minimum absolute atomic E-state index is 0.108. The van der Waals surface area contributed by atoms with Crippen LogP contribution in [0.15, 0.2) is 24.5 Å². The van der Waals surface area contributed by atoms with Crippen LogP contribution in [-0.2, 0) is 6.54 Å². The molecule has 31 heavy (non-hydrogen) atoms. The summed E-state index contributed by atoms with van der Waals surface area (Å²) in [6.45, 7) is 4.51. The molecule has 0 unspecified atom stereocenters. The molecule has 0 spiro atoms. The smallest absolute Gasteiger partial charge is 0.253 e. The molecule has 158 valence electrons. The number of hydrogen-bond acceptors (Lipinski definition) is 7. The summed E-state index contributed by atoms with van der Waals surface area (Å²) in [6, 6.07) is 5.80. The van der Waals surface area contributed by atoms with E-state index in [0.717, 1.165) is 55.9 Å². The van der Waals surface area contributed by atoms with E-state index in [1.807, 2.05) is 26.0 Å². The van der Waals surface area contributed by atoms with E-state index >= 15 is 0 Å². The number of halogens is 1. The number of thiophene rings is 1. The van der Waals surface area contributed by atoms with Crippen LogP contribution in [0.2, 0.25) is 5.02 Å². The topological polar surface area (TPSA) is 92.7 Å². The third-order valence-electron chi connectivity index (χ3n) is 5.84. The fourth-order valence-electron chi connectivity index (χ4n) is 3.66. The number of amides is 1. The summed E-state index contributed by atoms with van der Waals surface area (Å²) in [4.78, 5) is 22.2. The molecule has 1 amide bonds. The average molecular weight is 453 g/mol. The van der Waals surface area contributed by atoms with Crippen LogP contribution in [0.5, 0.6) is 0 Å². The van der Waals surface area contributed by atoms with Gasteiger partial charge in [0.1, 0.15) is 17.0 Å². The largest absolute Gasteiger partial charge is 0.365 e. The van der Waals surface area contributed by atoms with Crippen molar-refractivity contribution in [2.75, 3.05) is 5.32 Å². The van der Waals surface area contributed by atoms with Crippen molar-refractivity contribution in [3.05, 3.63) is 51.9 Å². The fourth-order valence-corrected chi connectivity index (χ4v) is 5.05. The molecule has 0 saturated heterocycles. The van der Waals surface area contributed by atoms with Gasteiger partial charge in [0.2, 0.25) is 0 Å². The number of carbonyl (C=O) groups is 1. The Morgan fingerprint density at radius 1 is 1.23 bits per heavy atom. The van der Waals surface area contributed by atoms with Gasteiger partial charge in [-0.2, -0.15) is 5.10 Å². The second-order valence-corrected chi connectivity index (χ2v) is 9.27. The van der Waals surface area contributed by atoms with Crippen molar-refractivity contribution < 1.29 is 4.79 Å². The highest BCUT2D eigenvalue weighted by Crippen LogP contribution is 2.36. The van der Waals surface area contributed by atoms with E-state index in [1.54, 1.807) is 12.4 Å². The van der Waals surface area contributed by atoms with Gasteiger partial charge in [0.25, 0.3) is 5.91 Å². The molecule has 1 aliphatic rings. The summed E-state index contributed by atoms with van der Waals surface area (Å²) in [5.41, 5.74) is 4.34. The number of rotatable bonds is 5. The maximum atomic E-state index is 12.4. The van der Waals surface area contributed by atoms with Crippen LogP contribution in [0.4, 0.5) is 5.82 Å². The van der Waals surface area contributed by atoms with Crippen LogP contribution in [-0.4, -0.2) is 32.1 Å². The Bertz CT molecular complexity index is 1320. The zero-order valence-corrected chi connectivity index (χ0v) is 18.8. The molecular weight excluding hydrogens is 432 g/mol. The summed E-state index contributed by atoms with van der Waals surface area (Å²) in [6.07, 6.45) is 4.82. The number of anilines is 1. The molecule has 5 rings (SSSR count). The third-order valence-corrected chi connectivity index (χ3v) is 7.22. The number of hydrogen-bond donors (Lipinski definition) is 2. The van der Waals surface area contributed by atoms with E-state index in [1.165, 1.54) is 17.8 Å². The lowest BCUT2D eigenvalue weighted by Crippen LogP contribution is -2.39. The first kappa shape index (κ1) is 20.1. The summed E-state index contributed by atoms with van der Waals surface area (Å²) in [7, 11) is 0. The Hall–Kier alpha value is -2.84. The SMILES string of the molecule is Cc1nnc2sc3c(NCc4ccc(C(=O)NC5CCC5)c(Cl)c4)ncnc3c2c1C. The van der Waals surface area contributed by atoms with Crippen molar-refractivity contribution in [3.63, 3.8) is 0 Å². The van der Waals surface area contributed by atoms with Gasteiger partial charge >= 0.3 is 0 Å². The lowest BCUT2D eigenvalue weighted by molar-refractivity contribution is 0.0917. The van der Waals surface area contributed by atoms with E-state index in [-0.39, 0.29) is 11.9 Å². The first-order valence-corrected chi connectivity index (χ1v) is 11.4. The predicted molar refractivity (Wildman–Crippen MR) is 124 cm³/mol. The maximum Gasteiger partial charge on any atom is 0.253 e. The van der Waals surface area contributed by atoms with Crippen molar-refractivity contribution >= 4 is 55.1 Å². The Morgan fingerprint density at radius 3 is 2.81 bits per heavy atom. The Balaban J connectivity index is 1.38. The van der Waals surface area contributed by atoms with Gasteiger partial charge in [-0.25, -0.2) is 9.97 Å². The summed E-state index contributed by atoms with van der Waals surface area (Å²) < 4.78 is 0.947. The van der Waals surface area contributed by atoms with Crippen molar-refractivity contribution in [1.82, 2.24) is 25.5 Å². The molecule has 1 aliphatic carbocycles. The molecule has 1 aromatic carbocycles. The summed E-state index contributed by atoms with van der Waals surface area (Å²) >= 11 is 7.93. The van der Waals surface area contributed by atoms with Crippen molar-refractivity contribution in [2.24, 2.45) is 0 Å². The fraction of sp³-hybridized carbons (Fsp3) is 0.318. The number of nitrogens with one attached hydrogen (secondary N) is 2. The van der Waals surface area contributed by atoms with Gasteiger partial charge in [-0.05, 0) is 56.4 Å². The molecule has 1 saturated carbocycles. The zero-order valence-electron chi connectivity index (χ0n) is 17.2. The molecule has 2 N–H and O–H groups in total. The number of fused-ring (bicyclic) bond motifs is 3. The lowest BCUT2D eigenvalue weighted by atomic mass is 9.93. The molecule has 1 fully saturated rings. The number of carbonyl (C=O) groups excluding carboxylic acids is 1. The predicted octanol–water partition coefficient (Wildman–Crippen LogP) is 4.80. The Kier molecular flexibility index (Phi) is 5.19. The first-order valence-electron chi connectivity index (χ1n) is 10.2. The number of nitrogens with zero attached hydrogens (tertiary/aromatic N) is 4. The van der Waals surface area contributed by atoms with Gasteiger partial charge in [-0.15, -0.1) is 16.4 Å². The van der Waals surface area contributed by atoms with Gasteiger partial charge in [-0.3, -0.25) is 4.79 Å². The molecule has 0 bridgehead atoms. The maximum absolute atomic E-state index is 12.4.